The second-order valence-corrected chi connectivity index (χ2v) is 6.61. The van der Waals surface area contributed by atoms with Gasteiger partial charge in [0.2, 0.25) is 5.91 Å². The highest BCUT2D eigenvalue weighted by atomic mass is 16.6. The van der Waals surface area contributed by atoms with E-state index in [-0.39, 0.29) is 30.1 Å². The molecule has 5 atom stereocenters. The SMILES string of the molecule is CCC(C)N1CC23C=C[C@@H](O2)C(C(=O)OC(C)C)[C@@H]3C1=O. The number of carbonyl (C=O) groups excluding carboxylic acids is 2. The van der Waals surface area contributed by atoms with E-state index in [2.05, 4.69) is 6.92 Å². The van der Waals surface area contributed by atoms with Gasteiger partial charge in [0.1, 0.15) is 11.5 Å². The van der Waals surface area contributed by atoms with Crippen molar-refractivity contribution in [3.05, 3.63) is 12.2 Å². The van der Waals surface area contributed by atoms with Crippen LogP contribution in [-0.4, -0.2) is 47.2 Å². The maximum absolute atomic E-state index is 12.8. The second-order valence-electron chi connectivity index (χ2n) is 6.61. The van der Waals surface area contributed by atoms with Gasteiger partial charge >= 0.3 is 5.97 Å². The van der Waals surface area contributed by atoms with E-state index in [1.807, 2.05) is 37.8 Å². The molecule has 1 amide bonds. The van der Waals surface area contributed by atoms with Crippen molar-refractivity contribution in [1.29, 1.82) is 0 Å². The molecule has 2 fully saturated rings. The number of nitrogens with zero attached hydrogens (tertiary/aromatic N) is 1. The normalized spacial score (nSPS) is 38.2. The highest BCUT2D eigenvalue weighted by Gasteiger charge is 2.67. The van der Waals surface area contributed by atoms with Gasteiger partial charge in [-0.15, -0.1) is 0 Å². The van der Waals surface area contributed by atoms with E-state index in [9.17, 15) is 9.59 Å². The van der Waals surface area contributed by atoms with E-state index in [0.29, 0.717) is 6.54 Å². The molecule has 21 heavy (non-hydrogen) atoms. The summed E-state index contributed by atoms with van der Waals surface area (Å²) in [5.41, 5.74) is -0.619. The number of amides is 1. The molecule has 1 spiro atoms. The van der Waals surface area contributed by atoms with Crippen molar-refractivity contribution in [3.8, 4) is 0 Å². The molecule has 0 aliphatic carbocycles. The molecule has 5 nitrogen and oxygen atoms in total. The smallest absolute Gasteiger partial charge is 0.313 e. The largest absolute Gasteiger partial charge is 0.463 e. The van der Waals surface area contributed by atoms with Crippen molar-refractivity contribution in [2.45, 2.75) is 58.0 Å². The monoisotopic (exact) mass is 293 g/mol. The van der Waals surface area contributed by atoms with Crippen LogP contribution in [0.4, 0.5) is 0 Å². The van der Waals surface area contributed by atoms with Crippen molar-refractivity contribution in [1.82, 2.24) is 4.90 Å². The van der Waals surface area contributed by atoms with Crippen LogP contribution in [0.2, 0.25) is 0 Å². The van der Waals surface area contributed by atoms with Crippen LogP contribution in [-0.2, 0) is 19.1 Å². The lowest BCUT2D eigenvalue weighted by Crippen LogP contribution is -2.41. The number of hydrogen-bond acceptors (Lipinski definition) is 4. The van der Waals surface area contributed by atoms with E-state index >= 15 is 0 Å². The topological polar surface area (TPSA) is 55.8 Å². The van der Waals surface area contributed by atoms with Gasteiger partial charge in [-0.25, -0.2) is 0 Å². The van der Waals surface area contributed by atoms with Gasteiger partial charge in [0.25, 0.3) is 0 Å². The summed E-state index contributed by atoms with van der Waals surface area (Å²) in [5, 5.41) is 0. The number of fused-ring (bicyclic) bond motifs is 1. The van der Waals surface area contributed by atoms with Gasteiger partial charge in [0.05, 0.1) is 24.7 Å². The van der Waals surface area contributed by atoms with E-state index < -0.39 is 17.4 Å². The lowest BCUT2D eigenvalue weighted by Gasteiger charge is -2.26. The number of likely N-dealkylation sites (tertiary alicyclic amines) is 1. The zero-order valence-corrected chi connectivity index (χ0v) is 13.0. The molecule has 2 saturated heterocycles. The summed E-state index contributed by atoms with van der Waals surface area (Å²) in [5.74, 6) is -1.21. The number of rotatable bonds is 4. The van der Waals surface area contributed by atoms with Gasteiger partial charge in [0, 0.05) is 6.04 Å². The molecule has 2 bridgehead atoms. The Bertz CT molecular complexity index is 501. The molecule has 0 radical (unpaired) electrons. The van der Waals surface area contributed by atoms with Crippen LogP contribution in [0.1, 0.15) is 34.1 Å². The fourth-order valence-electron chi connectivity index (χ4n) is 3.70. The van der Waals surface area contributed by atoms with Crippen molar-refractivity contribution in [2.75, 3.05) is 6.54 Å². The molecule has 0 N–H and O–H groups in total. The molecule has 5 heteroatoms. The zero-order valence-electron chi connectivity index (χ0n) is 13.0. The number of esters is 1. The molecule has 3 aliphatic heterocycles. The Morgan fingerprint density at radius 1 is 1.52 bits per heavy atom. The van der Waals surface area contributed by atoms with E-state index in [1.54, 1.807) is 0 Å². The minimum Gasteiger partial charge on any atom is -0.463 e. The Morgan fingerprint density at radius 3 is 2.86 bits per heavy atom. The van der Waals surface area contributed by atoms with Gasteiger partial charge < -0.3 is 14.4 Å². The molecule has 3 heterocycles. The van der Waals surface area contributed by atoms with Gasteiger partial charge in [-0.3, -0.25) is 9.59 Å². The predicted molar refractivity (Wildman–Crippen MR) is 76.4 cm³/mol. The first kappa shape index (κ1) is 14.6. The van der Waals surface area contributed by atoms with Crippen molar-refractivity contribution >= 4 is 11.9 Å². The van der Waals surface area contributed by atoms with E-state index in [1.165, 1.54) is 0 Å². The second kappa shape index (κ2) is 4.83. The van der Waals surface area contributed by atoms with Crippen LogP contribution in [0, 0.1) is 11.8 Å². The van der Waals surface area contributed by atoms with Crippen LogP contribution >= 0.6 is 0 Å². The summed E-state index contributed by atoms with van der Waals surface area (Å²) in [6, 6.07) is 0.162. The van der Waals surface area contributed by atoms with Crippen LogP contribution in [0.5, 0.6) is 0 Å². The van der Waals surface area contributed by atoms with Crippen molar-refractivity contribution in [2.24, 2.45) is 11.8 Å². The molecule has 0 saturated carbocycles. The fourth-order valence-corrected chi connectivity index (χ4v) is 3.70. The highest BCUT2D eigenvalue weighted by Crippen LogP contribution is 2.52. The van der Waals surface area contributed by atoms with Gasteiger partial charge in [-0.05, 0) is 27.2 Å². The molecule has 0 aromatic carbocycles. The summed E-state index contributed by atoms with van der Waals surface area (Å²) < 4.78 is 11.4. The number of carbonyl (C=O) groups is 2. The Kier molecular flexibility index (Phi) is 3.35. The third kappa shape index (κ3) is 2.01. The molecule has 116 valence electrons. The fraction of sp³-hybridized carbons (Fsp3) is 0.750. The molecule has 0 aromatic heterocycles. The zero-order chi connectivity index (χ0) is 15.4. The molecular formula is C16H23NO4. The standard InChI is InChI=1S/C16H23NO4/c1-5-10(4)17-8-16-7-6-11(21-16)12(13(16)14(17)18)15(19)20-9(2)3/h6-7,9-13H,5,8H2,1-4H3/t10?,11-,12?,13-,16?/m1/s1. The lowest BCUT2D eigenvalue weighted by atomic mass is 9.77. The molecule has 3 unspecified atom stereocenters. The number of ether oxygens (including phenoxy) is 2. The first-order valence-electron chi connectivity index (χ1n) is 7.77. The minimum atomic E-state index is -0.619. The average molecular weight is 293 g/mol. The third-order valence-corrected chi connectivity index (χ3v) is 4.88. The summed E-state index contributed by atoms with van der Waals surface area (Å²) in [6.45, 7) is 8.28. The maximum atomic E-state index is 12.8. The summed E-state index contributed by atoms with van der Waals surface area (Å²) in [7, 11) is 0. The highest BCUT2D eigenvalue weighted by molar-refractivity contribution is 5.91. The third-order valence-electron chi connectivity index (χ3n) is 4.88. The van der Waals surface area contributed by atoms with Crippen LogP contribution in [0.3, 0.4) is 0 Å². The van der Waals surface area contributed by atoms with Crippen LogP contribution in [0.25, 0.3) is 0 Å². The Balaban J connectivity index is 1.88. The first-order valence-corrected chi connectivity index (χ1v) is 7.77. The lowest BCUT2D eigenvalue weighted by molar-refractivity contribution is -0.157. The summed E-state index contributed by atoms with van der Waals surface area (Å²) in [4.78, 5) is 27.0. The van der Waals surface area contributed by atoms with E-state index in [0.717, 1.165) is 6.42 Å². The first-order chi connectivity index (χ1) is 9.89. The van der Waals surface area contributed by atoms with Crippen LogP contribution in [0.15, 0.2) is 12.2 Å². The van der Waals surface area contributed by atoms with Crippen molar-refractivity contribution < 1.29 is 19.1 Å². The minimum absolute atomic E-state index is 0.0295. The predicted octanol–water partition coefficient (Wildman–Crippen LogP) is 1.52. The van der Waals surface area contributed by atoms with E-state index in [4.69, 9.17) is 9.47 Å². The van der Waals surface area contributed by atoms with Gasteiger partial charge in [-0.2, -0.15) is 0 Å². The maximum Gasteiger partial charge on any atom is 0.313 e. The van der Waals surface area contributed by atoms with Gasteiger partial charge in [0.15, 0.2) is 0 Å². The van der Waals surface area contributed by atoms with Gasteiger partial charge in [-0.1, -0.05) is 19.1 Å². The summed E-state index contributed by atoms with van der Waals surface area (Å²) >= 11 is 0. The molecule has 3 aliphatic rings. The Morgan fingerprint density at radius 2 is 2.24 bits per heavy atom. The molecular weight excluding hydrogens is 270 g/mol. The quantitative estimate of drug-likeness (QED) is 0.582. The Labute approximate surface area is 125 Å². The van der Waals surface area contributed by atoms with Crippen LogP contribution < -0.4 is 0 Å². The summed E-state index contributed by atoms with van der Waals surface area (Å²) in [6.07, 6.45) is 4.28. The average Bonchev–Trinajstić information content (AvgIpc) is 3.05. The van der Waals surface area contributed by atoms with Crippen molar-refractivity contribution in [3.63, 3.8) is 0 Å². The molecule has 3 rings (SSSR count). The molecule has 0 aromatic rings. The Hall–Kier alpha value is -1.36. The number of hydrogen-bond donors (Lipinski definition) is 0.